The summed E-state index contributed by atoms with van der Waals surface area (Å²) < 4.78 is 2.04. The van der Waals surface area contributed by atoms with Crippen LogP contribution in [0.5, 0.6) is 0 Å². The highest BCUT2D eigenvalue weighted by molar-refractivity contribution is 7.99. The van der Waals surface area contributed by atoms with Crippen molar-refractivity contribution in [1.29, 1.82) is 0 Å². The number of nitrogens with zero attached hydrogens (tertiary/aromatic N) is 5. The average molecular weight is 464 g/mol. The topological polar surface area (TPSA) is 63.4 Å². The molecule has 0 N–H and O–H groups in total. The van der Waals surface area contributed by atoms with Crippen LogP contribution in [0.25, 0.3) is 15.9 Å². The summed E-state index contributed by atoms with van der Waals surface area (Å²) in [5.41, 5.74) is 4.60. The van der Waals surface area contributed by atoms with Crippen LogP contribution in [-0.2, 0) is 24.1 Å². The van der Waals surface area contributed by atoms with E-state index in [-0.39, 0.29) is 5.91 Å². The van der Waals surface area contributed by atoms with Gasteiger partial charge in [-0.3, -0.25) is 9.20 Å². The fourth-order valence-electron chi connectivity index (χ4n) is 5.06. The van der Waals surface area contributed by atoms with Crippen LogP contribution in [0.2, 0.25) is 0 Å². The van der Waals surface area contributed by atoms with Crippen molar-refractivity contribution in [3.8, 4) is 0 Å². The number of aromatic nitrogens is 4. The first-order valence-electron chi connectivity index (χ1n) is 11.3. The van der Waals surface area contributed by atoms with Crippen LogP contribution >= 0.6 is 23.1 Å². The van der Waals surface area contributed by atoms with Gasteiger partial charge in [0.25, 0.3) is 0 Å². The minimum atomic E-state index is 0.118. The lowest BCUT2D eigenvalue weighted by molar-refractivity contribution is -0.116. The molecule has 0 bridgehead atoms. The SMILES string of the molecule is Cc1nc2sc3c(c2c2nnc(SCC(=O)N4CCCc5ccccc54)n12)CC[C@@H](C)C3. The third-order valence-electron chi connectivity index (χ3n) is 6.67. The summed E-state index contributed by atoms with van der Waals surface area (Å²) in [4.78, 5) is 22.5. The van der Waals surface area contributed by atoms with Crippen LogP contribution in [0.15, 0.2) is 29.4 Å². The predicted octanol–water partition coefficient (Wildman–Crippen LogP) is 4.84. The summed E-state index contributed by atoms with van der Waals surface area (Å²) in [5, 5.41) is 11.0. The van der Waals surface area contributed by atoms with Gasteiger partial charge in [0.15, 0.2) is 10.8 Å². The Morgan fingerprint density at radius 3 is 3.03 bits per heavy atom. The van der Waals surface area contributed by atoms with E-state index in [4.69, 9.17) is 4.98 Å². The molecule has 0 saturated heterocycles. The zero-order valence-corrected chi connectivity index (χ0v) is 19.9. The van der Waals surface area contributed by atoms with E-state index in [1.165, 1.54) is 34.2 Å². The number of thioether (sulfide) groups is 1. The van der Waals surface area contributed by atoms with Crippen LogP contribution in [0.1, 0.15) is 41.6 Å². The van der Waals surface area contributed by atoms with Gasteiger partial charge in [-0.1, -0.05) is 36.9 Å². The number of carbonyl (C=O) groups excluding carboxylic acids is 1. The molecule has 1 amide bonds. The van der Waals surface area contributed by atoms with Crippen molar-refractivity contribution >= 4 is 50.6 Å². The minimum absolute atomic E-state index is 0.118. The Kier molecular flexibility index (Phi) is 4.95. The van der Waals surface area contributed by atoms with Gasteiger partial charge in [0.2, 0.25) is 5.91 Å². The second-order valence-electron chi connectivity index (χ2n) is 8.90. The van der Waals surface area contributed by atoms with E-state index >= 15 is 0 Å². The van der Waals surface area contributed by atoms with Gasteiger partial charge in [0.1, 0.15) is 10.7 Å². The summed E-state index contributed by atoms with van der Waals surface area (Å²) in [7, 11) is 0. The molecule has 4 aromatic rings. The molecular weight excluding hydrogens is 438 g/mol. The number of anilines is 1. The molecule has 0 unspecified atom stereocenters. The van der Waals surface area contributed by atoms with E-state index in [1.807, 2.05) is 39.7 Å². The lowest BCUT2D eigenvalue weighted by atomic mass is 9.89. The van der Waals surface area contributed by atoms with E-state index in [1.54, 1.807) is 0 Å². The number of thiophene rings is 1. The molecule has 164 valence electrons. The lowest BCUT2D eigenvalue weighted by Gasteiger charge is -2.29. The molecule has 8 heteroatoms. The Bertz CT molecular complexity index is 1360. The van der Waals surface area contributed by atoms with Crippen molar-refractivity contribution < 1.29 is 4.79 Å². The number of aryl methyl sites for hydroxylation is 3. The molecule has 0 spiro atoms. The predicted molar refractivity (Wildman–Crippen MR) is 130 cm³/mol. The van der Waals surface area contributed by atoms with Gasteiger partial charge in [-0.05, 0) is 62.1 Å². The molecule has 0 saturated carbocycles. The second-order valence-corrected chi connectivity index (χ2v) is 10.9. The normalized spacial score (nSPS) is 18.2. The minimum Gasteiger partial charge on any atom is -0.311 e. The zero-order chi connectivity index (χ0) is 21.8. The molecule has 32 heavy (non-hydrogen) atoms. The quantitative estimate of drug-likeness (QED) is 0.407. The van der Waals surface area contributed by atoms with Crippen LogP contribution in [0, 0.1) is 12.8 Å². The molecule has 1 aromatic carbocycles. The molecule has 4 heterocycles. The summed E-state index contributed by atoms with van der Waals surface area (Å²) >= 11 is 3.27. The van der Waals surface area contributed by atoms with Gasteiger partial charge in [-0.2, -0.15) is 0 Å². The van der Waals surface area contributed by atoms with Gasteiger partial charge in [-0.15, -0.1) is 21.5 Å². The van der Waals surface area contributed by atoms with Gasteiger partial charge >= 0.3 is 0 Å². The maximum absolute atomic E-state index is 13.1. The molecule has 1 aliphatic heterocycles. The Labute approximate surface area is 195 Å². The highest BCUT2D eigenvalue weighted by Gasteiger charge is 2.26. The number of amides is 1. The van der Waals surface area contributed by atoms with Gasteiger partial charge in [0, 0.05) is 17.1 Å². The molecule has 0 radical (unpaired) electrons. The highest BCUT2D eigenvalue weighted by Crippen LogP contribution is 2.39. The Balaban J connectivity index is 1.31. The van der Waals surface area contributed by atoms with E-state index < -0.39 is 0 Å². The van der Waals surface area contributed by atoms with Crippen molar-refractivity contribution in [2.75, 3.05) is 17.2 Å². The van der Waals surface area contributed by atoms with E-state index in [9.17, 15) is 4.79 Å². The fourth-order valence-corrected chi connectivity index (χ4v) is 7.33. The Hall–Kier alpha value is -2.45. The smallest absolute Gasteiger partial charge is 0.237 e. The van der Waals surface area contributed by atoms with Crippen LogP contribution in [0.3, 0.4) is 0 Å². The second kappa shape index (κ2) is 7.85. The number of hydrogen-bond acceptors (Lipinski definition) is 6. The lowest BCUT2D eigenvalue weighted by Crippen LogP contribution is -2.36. The molecule has 2 aliphatic rings. The molecule has 6 rings (SSSR count). The summed E-state index contributed by atoms with van der Waals surface area (Å²) in [6.45, 7) is 5.10. The highest BCUT2D eigenvalue weighted by atomic mass is 32.2. The van der Waals surface area contributed by atoms with Crippen LogP contribution in [0.4, 0.5) is 5.69 Å². The van der Waals surface area contributed by atoms with Gasteiger partial charge < -0.3 is 4.90 Å². The number of para-hydroxylation sites is 1. The molecule has 0 fully saturated rings. The van der Waals surface area contributed by atoms with Crippen molar-refractivity contribution in [2.45, 2.75) is 51.1 Å². The number of carbonyl (C=O) groups is 1. The standard InChI is InChI=1S/C24H25N5OS2/c1-14-9-10-17-19(12-14)32-23-21(17)22-26-27-24(29(22)15(2)25-23)31-13-20(30)28-11-5-7-16-6-3-4-8-18(16)28/h3-4,6,8,14H,5,7,9-13H2,1-2H3/t14-/m1/s1. The number of rotatable bonds is 3. The van der Waals surface area contributed by atoms with Gasteiger partial charge in [0.05, 0.1) is 11.1 Å². The monoisotopic (exact) mass is 463 g/mol. The van der Waals surface area contributed by atoms with Crippen LogP contribution < -0.4 is 4.90 Å². The van der Waals surface area contributed by atoms with Crippen molar-refractivity contribution in [2.24, 2.45) is 5.92 Å². The third-order valence-corrected chi connectivity index (χ3v) is 8.74. The molecular formula is C24H25N5OS2. The molecule has 1 aliphatic carbocycles. The van der Waals surface area contributed by atoms with E-state index in [2.05, 4.69) is 29.3 Å². The third kappa shape index (κ3) is 3.23. The molecule has 6 nitrogen and oxygen atoms in total. The average Bonchev–Trinajstić information content (AvgIpc) is 3.38. The van der Waals surface area contributed by atoms with Gasteiger partial charge in [-0.25, -0.2) is 4.98 Å². The Morgan fingerprint density at radius 1 is 1.25 bits per heavy atom. The van der Waals surface area contributed by atoms with E-state index in [0.717, 1.165) is 70.7 Å². The van der Waals surface area contributed by atoms with E-state index in [0.29, 0.717) is 5.75 Å². The first kappa shape index (κ1) is 20.2. The summed E-state index contributed by atoms with van der Waals surface area (Å²) in [6, 6.07) is 8.22. The largest absolute Gasteiger partial charge is 0.311 e. The molecule has 1 atom stereocenters. The first-order chi connectivity index (χ1) is 15.6. The maximum Gasteiger partial charge on any atom is 0.237 e. The number of fused-ring (bicyclic) bond motifs is 6. The Morgan fingerprint density at radius 2 is 2.12 bits per heavy atom. The fraction of sp³-hybridized carbons (Fsp3) is 0.417. The van der Waals surface area contributed by atoms with Crippen molar-refractivity contribution in [3.63, 3.8) is 0 Å². The number of hydrogen-bond donors (Lipinski definition) is 0. The number of benzene rings is 1. The van der Waals surface area contributed by atoms with Crippen LogP contribution in [-0.4, -0.2) is 37.8 Å². The maximum atomic E-state index is 13.1. The molecule has 3 aromatic heterocycles. The van der Waals surface area contributed by atoms with Crippen molar-refractivity contribution in [3.05, 3.63) is 46.1 Å². The first-order valence-corrected chi connectivity index (χ1v) is 13.1. The summed E-state index contributed by atoms with van der Waals surface area (Å²) in [5.74, 6) is 2.06. The van der Waals surface area contributed by atoms with Crippen molar-refractivity contribution in [1.82, 2.24) is 19.6 Å². The summed E-state index contributed by atoms with van der Waals surface area (Å²) in [6.07, 6.45) is 5.46. The zero-order valence-electron chi connectivity index (χ0n) is 18.3.